The minimum Gasteiger partial charge on any atom is -0.497 e. The van der Waals surface area contributed by atoms with Gasteiger partial charge in [0.05, 0.1) is 25.5 Å². The third kappa shape index (κ3) is 4.41. The van der Waals surface area contributed by atoms with E-state index >= 15 is 0 Å². The summed E-state index contributed by atoms with van der Waals surface area (Å²) in [5.74, 6) is 0.602. The Balaban J connectivity index is 1.56. The third-order valence-corrected chi connectivity index (χ3v) is 5.74. The van der Waals surface area contributed by atoms with Gasteiger partial charge in [0.1, 0.15) is 5.75 Å². The highest BCUT2D eigenvalue weighted by Crippen LogP contribution is 2.29. The Labute approximate surface area is 182 Å². The monoisotopic (exact) mass is 420 g/mol. The first-order valence-corrected chi connectivity index (χ1v) is 10.4. The number of rotatable bonds is 6. The van der Waals surface area contributed by atoms with E-state index in [1.807, 2.05) is 63.6 Å². The first kappa shape index (κ1) is 20.9. The standard InChI is InChI=1S/C24H28N4O3/c1-15-5-6-20(28-13-21(29)14-28)10-23(15)24(30)26-16(2)17-7-18(9-22(8-17)31-4)19-11-25-27(3)12-19/h5-12,16,21,29H,13-14H2,1-4H3,(H,26,30)/t16-/m1/s1. The molecule has 0 bridgehead atoms. The fourth-order valence-electron chi connectivity index (χ4n) is 3.80. The second kappa shape index (κ2) is 8.43. The molecule has 1 atom stereocenters. The first-order valence-electron chi connectivity index (χ1n) is 10.4. The van der Waals surface area contributed by atoms with Crippen LogP contribution in [-0.4, -0.2) is 47.1 Å². The van der Waals surface area contributed by atoms with Crippen LogP contribution >= 0.6 is 0 Å². The van der Waals surface area contributed by atoms with E-state index in [4.69, 9.17) is 4.74 Å². The van der Waals surface area contributed by atoms with Crippen LogP contribution in [0.25, 0.3) is 11.1 Å². The number of methoxy groups -OCH3 is 1. The molecule has 1 amide bonds. The molecular formula is C24H28N4O3. The number of anilines is 1. The summed E-state index contributed by atoms with van der Waals surface area (Å²) in [5, 5.41) is 16.9. The molecule has 1 aliphatic rings. The lowest BCUT2D eigenvalue weighted by molar-refractivity contribution is 0.0939. The van der Waals surface area contributed by atoms with Gasteiger partial charge in [-0.05, 0) is 60.9 Å². The van der Waals surface area contributed by atoms with Gasteiger partial charge in [0.25, 0.3) is 5.91 Å². The lowest BCUT2D eigenvalue weighted by Crippen LogP contribution is -2.50. The summed E-state index contributed by atoms with van der Waals surface area (Å²) in [6.07, 6.45) is 3.47. The van der Waals surface area contributed by atoms with Gasteiger partial charge in [0.15, 0.2) is 0 Å². The Morgan fingerprint density at radius 1 is 1.23 bits per heavy atom. The number of amides is 1. The van der Waals surface area contributed by atoms with Crippen molar-refractivity contribution in [3.05, 3.63) is 65.5 Å². The number of nitrogens with zero attached hydrogens (tertiary/aromatic N) is 3. The van der Waals surface area contributed by atoms with Crippen molar-refractivity contribution in [3.63, 3.8) is 0 Å². The number of β-amino-alcohol motifs (C(OH)–C–C–N with tert-alkyl or cyclic N) is 1. The number of aryl methyl sites for hydroxylation is 2. The SMILES string of the molecule is COc1cc(-c2cnn(C)c2)cc([C@@H](C)NC(=O)c2cc(N3CC(O)C3)ccc2C)c1. The number of hydrogen-bond donors (Lipinski definition) is 2. The van der Waals surface area contributed by atoms with Gasteiger partial charge in [-0.1, -0.05) is 6.07 Å². The molecule has 7 nitrogen and oxygen atoms in total. The van der Waals surface area contributed by atoms with E-state index in [-0.39, 0.29) is 18.1 Å². The van der Waals surface area contributed by atoms with Crippen LogP contribution in [-0.2, 0) is 7.05 Å². The number of aliphatic hydroxyl groups is 1. The van der Waals surface area contributed by atoms with Gasteiger partial charge in [-0.2, -0.15) is 5.10 Å². The van der Waals surface area contributed by atoms with Crippen molar-refractivity contribution in [3.8, 4) is 16.9 Å². The summed E-state index contributed by atoms with van der Waals surface area (Å²) in [6, 6.07) is 11.6. The summed E-state index contributed by atoms with van der Waals surface area (Å²) in [7, 11) is 3.52. The smallest absolute Gasteiger partial charge is 0.252 e. The van der Waals surface area contributed by atoms with Gasteiger partial charge in [0, 0.05) is 43.1 Å². The van der Waals surface area contributed by atoms with E-state index in [2.05, 4.69) is 21.4 Å². The molecule has 4 rings (SSSR count). The summed E-state index contributed by atoms with van der Waals surface area (Å²) in [6.45, 7) is 5.09. The molecule has 31 heavy (non-hydrogen) atoms. The molecule has 0 aliphatic carbocycles. The molecule has 3 aromatic rings. The van der Waals surface area contributed by atoms with Gasteiger partial charge >= 0.3 is 0 Å². The Bertz CT molecular complexity index is 1100. The maximum absolute atomic E-state index is 13.1. The molecule has 162 valence electrons. The zero-order valence-electron chi connectivity index (χ0n) is 18.3. The van der Waals surface area contributed by atoms with Crippen molar-refractivity contribution in [1.29, 1.82) is 0 Å². The molecule has 2 heterocycles. The lowest BCUT2D eigenvalue weighted by atomic mass is 10.00. The van der Waals surface area contributed by atoms with Gasteiger partial charge in [0.2, 0.25) is 0 Å². The molecule has 1 fully saturated rings. The van der Waals surface area contributed by atoms with Crippen molar-refractivity contribution in [2.75, 3.05) is 25.1 Å². The van der Waals surface area contributed by atoms with Crippen LogP contribution in [0.3, 0.4) is 0 Å². The van der Waals surface area contributed by atoms with E-state index < -0.39 is 0 Å². The topological polar surface area (TPSA) is 79.6 Å². The highest BCUT2D eigenvalue weighted by Gasteiger charge is 2.25. The predicted octanol–water partition coefficient (Wildman–Crippen LogP) is 3.08. The summed E-state index contributed by atoms with van der Waals surface area (Å²) in [4.78, 5) is 15.1. The number of ether oxygens (including phenoxy) is 1. The largest absolute Gasteiger partial charge is 0.497 e. The van der Waals surface area contributed by atoms with Gasteiger partial charge in [-0.25, -0.2) is 0 Å². The lowest BCUT2D eigenvalue weighted by Gasteiger charge is -2.38. The minimum absolute atomic E-state index is 0.126. The number of hydrogen-bond acceptors (Lipinski definition) is 5. The molecule has 7 heteroatoms. The maximum Gasteiger partial charge on any atom is 0.252 e. The van der Waals surface area contributed by atoms with Crippen LogP contribution in [0.4, 0.5) is 5.69 Å². The fraction of sp³-hybridized carbons (Fsp3) is 0.333. The maximum atomic E-state index is 13.1. The number of nitrogens with one attached hydrogen (secondary N) is 1. The molecule has 2 N–H and O–H groups in total. The highest BCUT2D eigenvalue weighted by molar-refractivity contribution is 5.97. The number of aliphatic hydroxyl groups excluding tert-OH is 1. The van der Waals surface area contributed by atoms with E-state index in [0.717, 1.165) is 33.7 Å². The van der Waals surface area contributed by atoms with Crippen LogP contribution in [0.1, 0.15) is 34.5 Å². The van der Waals surface area contributed by atoms with Crippen molar-refractivity contribution in [2.45, 2.75) is 26.0 Å². The Morgan fingerprint density at radius 2 is 2.00 bits per heavy atom. The molecule has 1 aromatic heterocycles. The quantitative estimate of drug-likeness (QED) is 0.641. The molecule has 0 saturated carbocycles. The second-order valence-corrected chi connectivity index (χ2v) is 8.15. The van der Waals surface area contributed by atoms with Crippen molar-refractivity contribution < 1.29 is 14.6 Å². The number of carbonyl (C=O) groups excluding carboxylic acids is 1. The van der Waals surface area contributed by atoms with Crippen LogP contribution < -0.4 is 15.0 Å². The van der Waals surface area contributed by atoms with E-state index in [9.17, 15) is 9.90 Å². The zero-order chi connectivity index (χ0) is 22.1. The molecular weight excluding hydrogens is 392 g/mol. The average molecular weight is 421 g/mol. The van der Waals surface area contributed by atoms with Crippen molar-refractivity contribution in [1.82, 2.24) is 15.1 Å². The number of aromatic nitrogens is 2. The molecule has 0 spiro atoms. The van der Waals surface area contributed by atoms with E-state index in [1.165, 1.54) is 0 Å². The third-order valence-electron chi connectivity index (χ3n) is 5.74. The predicted molar refractivity (Wildman–Crippen MR) is 120 cm³/mol. The van der Waals surface area contributed by atoms with Crippen molar-refractivity contribution >= 4 is 11.6 Å². The van der Waals surface area contributed by atoms with Crippen LogP contribution in [0.2, 0.25) is 0 Å². The molecule has 2 aromatic carbocycles. The van der Waals surface area contributed by atoms with Gasteiger partial charge in [-0.15, -0.1) is 0 Å². The molecule has 1 saturated heterocycles. The molecule has 0 unspecified atom stereocenters. The minimum atomic E-state index is -0.291. The van der Waals surface area contributed by atoms with E-state index in [1.54, 1.807) is 11.8 Å². The van der Waals surface area contributed by atoms with E-state index in [0.29, 0.717) is 18.7 Å². The van der Waals surface area contributed by atoms with Crippen LogP contribution in [0.5, 0.6) is 5.75 Å². The number of benzene rings is 2. The summed E-state index contributed by atoms with van der Waals surface area (Å²) in [5.41, 5.74) is 5.43. The van der Waals surface area contributed by atoms with Gasteiger partial charge < -0.3 is 20.1 Å². The Kier molecular flexibility index (Phi) is 5.69. The average Bonchev–Trinajstić information content (AvgIpc) is 3.18. The van der Waals surface area contributed by atoms with Crippen LogP contribution in [0.15, 0.2) is 48.8 Å². The summed E-state index contributed by atoms with van der Waals surface area (Å²) < 4.78 is 7.24. The van der Waals surface area contributed by atoms with Crippen molar-refractivity contribution in [2.24, 2.45) is 7.05 Å². The van der Waals surface area contributed by atoms with Crippen LogP contribution in [0, 0.1) is 6.92 Å². The Morgan fingerprint density at radius 3 is 2.65 bits per heavy atom. The number of carbonyl (C=O) groups is 1. The molecule has 0 radical (unpaired) electrons. The van der Waals surface area contributed by atoms with Gasteiger partial charge in [-0.3, -0.25) is 9.48 Å². The fourth-order valence-corrected chi connectivity index (χ4v) is 3.80. The second-order valence-electron chi connectivity index (χ2n) is 8.15. The molecule has 1 aliphatic heterocycles. The zero-order valence-corrected chi connectivity index (χ0v) is 18.3. The normalized spacial score (nSPS) is 14.8. The summed E-state index contributed by atoms with van der Waals surface area (Å²) >= 11 is 0. The Hall–Kier alpha value is -3.32. The highest BCUT2D eigenvalue weighted by atomic mass is 16.5. The first-order chi connectivity index (χ1) is 14.8.